The molecule has 3 aromatic rings. The van der Waals surface area contributed by atoms with Gasteiger partial charge in [0, 0.05) is 31.4 Å². The van der Waals surface area contributed by atoms with Crippen LogP contribution in [0.1, 0.15) is 43.9 Å². The molecule has 164 valence electrons. The molecule has 3 aromatic heterocycles. The van der Waals surface area contributed by atoms with Gasteiger partial charge < -0.3 is 10.6 Å². The molecule has 1 fully saturated rings. The van der Waals surface area contributed by atoms with Crippen molar-refractivity contribution in [2.75, 3.05) is 13.1 Å². The molecular weight excluding hydrogens is 409 g/mol. The summed E-state index contributed by atoms with van der Waals surface area (Å²) in [6.07, 6.45) is 2.81. The van der Waals surface area contributed by atoms with Gasteiger partial charge >= 0.3 is 6.18 Å². The Morgan fingerprint density at radius 1 is 1.19 bits per heavy atom. The normalized spacial score (nSPS) is 17.9. The van der Waals surface area contributed by atoms with Gasteiger partial charge in [0.15, 0.2) is 0 Å². The molecule has 0 aromatic carbocycles. The van der Waals surface area contributed by atoms with Crippen LogP contribution in [0.25, 0.3) is 17.0 Å². The Balaban J connectivity index is 1.65. The highest BCUT2D eigenvalue weighted by Crippen LogP contribution is 2.31. The van der Waals surface area contributed by atoms with Gasteiger partial charge in [-0.25, -0.2) is 9.97 Å². The zero-order valence-corrected chi connectivity index (χ0v) is 17.2. The average molecular weight is 432 g/mol. The van der Waals surface area contributed by atoms with E-state index in [0.29, 0.717) is 35.8 Å². The van der Waals surface area contributed by atoms with Crippen LogP contribution in [0.4, 0.5) is 13.2 Å². The highest BCUT2D eigenvalue weighted by atomic mass is 19.4. The fraction of sp³-hybridized carbons (Fsp3) is 0.429. The number of hydrogen-bond acceptors (Lipinski definition) is 5. The second-order valence-corrected chi connectivity index (χ2v) is 8.43. The maximum Gasteiger partial charge on any atom is 0.417 e. The lowest BCUT2D eigenvalue weighted by atomic mass is 9.93. The van der Waals surface area contributed by atoms with Crippen molar-refractivity contribution in [3.63, 3.8) is 0 Å². The SMILES string of the molecule is CC(C)(N)C(=O)N1CCC[C@H](c2cncc(-c3cnc4ccc(C(F)(F)F)cn34)n2)C1. The van der Waals surface area contributed by atoms with Crippen LogP contribution in [0.5, 0.6) is 0 Å². The van der Waals surface area contributed by atoms with Crippen LogP contribution in [0, 0.1) is 0 Å². The fourth-order valence-electron chi connectivity index (χ4n) is 3.85. The summed E-state index contributed by atoms with van der Waals surface area (Å²) in [5, 5.41) is 0. The third-order valence-corrected chi connectivity index (χ3v) is 5.43. The van der Waals surface area contributed by atoms with Crippen molar-refractivity contribution in [3.05, 3.63) is 48.2 Å². The van der Waals surface area contributed by atoms with Gasteiger partial charge in [-0.05, 0) is 38.8 Å². The van der Waals surface area contributed by atoms with Crippen molar-refractivity contribution in [1.29, 1.82) is 0 Å². The van der Waals surface area contributed by atoms with Crippen molar-refractivity contribution < 1.29 is 18.0 Å². The lowest BCUT2D eigenvalue weighted by Crippen LogP contribution is -2.53. The number of alkyl halides is 3. The van der Waals surface area contributed by atoms with Gasteiger partial charge in [0.25, 0.3) is 0 Å². The number of fused-ring (bicyclic) bond motifs is 1. The molecule has 0 saturated carbocycles. The summed E-state index contributed by atoms with van der Waals surface area (Å²) < 4.78 is 40.8. The Morgan fingerprint density at radius 2 is 1.97 bits per heavy atom. The summed E-state index contributed by atoms with van der Waals surface area (Å²) in [6.45, 7) is 4.47. The molecule has 0 radical (unpaired) electrons. The Kier molecular flexibility index (Phi) is 5.20. The van der Waals surface area contributed by atoms with Crippen molar-refractivity contribution in [2.45, 2.75) is 44.3 Å². The number of carbonyl (C=O) groups excluding carboxylic acids is 1. The molecule has 1 amide bonds. The predicted molar refractivity (Wildman–Crippen MR) is 108 cm³/mol. The van der Waals surface area contributed by atoms with Gasteiger partial charge in [0.1, 0.15) is 11.3 Å². The maximum absolute atomic E-state index is 13.1. The third kappa shape index (κ3) is 4.25. The van der Waals surface area contributed by atoms with E-state index in [0.717, 1.165) is 25.1 Å². The lowest BCUT2D eigenvalue weighted by Gasteiger charge is -2.36. The average Bonchev–Trinajstić information content (AvgIpc) is 3.15. The number of likely N-dealkylation sites (tertiary alicyclic amines) is 1. The van der Waals surface area contributed by atoms with Crippen LogP contribution in [-0.4, -0.2) is 48.8 Å². The Hall–Kier alpha value is -3.01. The van der Waals surface area contributed by atoms with Gasteiger partial charge in [-0.1, -0.05) is 0 Å². The first-order valence-corrected chi connectivity index (χ1v) is 9.99. The van der Waals surface area contributed by atoms with Gasteiger partial charge in [0.2, 0.25) is 5.91 Å². The number of halogens is 3. The molecule has 1 aliphatic heterocycles. The van der Waals surface area contributed by atoms with Crippen LogP contribution in [0.3, 0.4) is 0 Å². The molecule has 31 heavy (non-hydrogen) atoms. The zero-order chi connectivity index (χ0) is 22.4. The number of nitrogens with two attached hydrogens (primary N) is 1. The van der Waals surface area contributed by atoms with E-state index in [1.165, 1.54) is 22.9 Å². The minimum absolute atomic E-state index is 0.0302. The summed E-state index contributed by atoms with van der Waals surface area (Å²) in [4.78, 5) is 27.4. The first-order valence-electron chi connectivity index (χ1n) is 9.99. The van der Waals surface area contributed by atoms with Gasteiger partial charge in [0.05, 0.1) is 34.9 Å². The van der Waals surface area contributed by atoms with Gasteiger partial charge in [-0.2, -0.15) is 13.2 Å². The summed E-state index contributed by atoms with van der Waals surface area (Å²) in [7, 11) is 0. The topological polar surface area (TPSA) is 89.4 Å². The quantitative estimate of drug-likeness (QED) is 0.686. The number of amides is 1. The highest BCUT2D eigenvalue weighted by molar-refractivity contribution is 5.85. The van der Waals surface area contributed by atoms with Crippen LogP contribution in [0.2, 0.25) is 0 Å². The first kappa shape index (κ1) is 21.2. The maximum atomic E-state index is 13.1. The third-order valence-electron chi connectivity index (χ3n) is 5.43. The molecule has 1 aliphatic rings. The van der Waals surface area contributed by atoms with Gasteiger partial charge in [-0.3, -0.25) is 14.2 Å². The first-order chi connectivity index (χ1) is 14.5. The number of hydrogen-bond donors (Lipinski definition) is 1. The number of aromatic nitrogens is 4. The number of imidazole rings is 1. The summed E-state index contributed by atoms with van der Waals surface area (Å²) >= 11 is 0. The van der Waals surface area contributed by atoms with E-state index in [-0.39, 0.29) is 11.8 Å². The molecule has 4 rings (SSSR count). The smallest absolute Gasteiger partial charge is 0.340 e. The summed E-state index contributed by atoms with van der Waals surface area (Å²) in [6, 6.07) is 2.32. The monoisotopic (exact) mass is 432 g/mol. The van der Waals surface area contributed by atoms with Crippen LogP contribution >= 0.6 is 0 Å². The number of nitrogens with zero attached hydrogens (tertiary/aromatic N) is 5. The van der Waals surface area contributed by atoms with E-state index < -0.39 is 17.3 Å². The van der Waals surface area contributed by atoms with Crippen molar-refractivity contribution in [1.82, 2.24) is 24.3 Å². The largest absolute Gasteiger partial charge is 0.417 e. The fourth-order valence-corrected chi connectivity index (χ4v) is 3.85. The number of rotatable bonds is 3. The van der Waals surface area contributed by atoms with E-state index in [1.807, 2.05) is 0 Å². The van der Waals surface area contributed by atoms with Crippen molar-refractivity contribution >= 4 is 11.6 Å². The van der Waals surface area contributed by atoms with E-state index >= 15 is 0 Å². The van der Waals surface area contributed by atoms with Gasteiger partial charge in [-0.15, -0.1) is 0 Å². The second-order valence-electron chi connectivity index (χ2n) is 8.43. The molecule has 1 atom stereocenters. The Morgan fingerprint density at radius 3 is 2.68 bits per heavy atom. The molecule has 0 spiro atoms. The highest BCUT2D eigenvalue weighted by Gasteiger charge is 2.33. The molecule has 0 aliphatic carbocycles. The van der Waals surface area contributed by atoms with E-state index in [2.05, 4.69) is 15.0 Å². The summed E-state index contributed by atoms with van der Waals surface area (Å²) in [5.74, 6) is -0.153. The number of carbonyl (C=O) groups is 1. The zero-order valence-electron chi connectivity index (χ0n) is 17.2. The predicted octanol–water partition coefficient (Wildman–Crippen LogP) is 3.25. The standard InChI is InChI=1S/C21H23F3N6O/c1-20(2,25)19(31)29-7-3-4-13(11-29)15-8-26-9-16(28-15)17-10-27-18-6-5-14(12-30(17)18)21(22,23)24/h5-6,8-10,12-13H,3-4,7,11,25H2,1-2H3/t13-/m0/s1. The van der Waals surface area contributed by atoms with Crippen molar-refractivity contribution in [2.24, 2.45) is 5.73 Å². The van der Waals surface area contributed by atoms with E-state index in [4.69, 9.17) is 5.73 Å². The number of piperidine rings is 1. The molecular formula is C21H23F3N6O. The van der Waals surface area contributed by atoms with Crippen LogP contribution in [0.15, 0.2) is 36.9 Å². The summed E-state index contributed by atoms with van der Waals surface area (Å²) in [5.41, 5.74) is 6.16. The van der Waals surface area contributed by atoms with E-state index in [1.54, 1.807) is 24.9 Å². The molecule has 10 heteroatoms. The molecule has 0 bridgehead atoms. The molecule has 4 heterocycles. The second kappa shape index (κ2) is 7.60. The van der Waals surface area contributed by atoms with Crippen LogP contribution < -0.4 is 5.73 Å². The Labute approximate surface area is 177 Å². The minimum atomic E-state index is -4.46. The Bertz CT molecular complexity index is 1120. The minimum Gasteiger partial charge on any atom is -0.340 e. The van der Waals surface area contributed by atoms with E-state index in [9.17, 15) is 18.0 Å². The number of pyridine rings is 1. The molecule has 0 unspecified atom stereocenters. The molecule has 2 N–H and O–H groups in total. The van der Waals surface area contributed by atoms with Crippen molar-refractivity contribution in [3.8, 4) is 11.4 Å². The molecule has 1 saturated heterocycles. The van der Waals surface area contributed by atoms with Crippen LogP contribution in [-0.2, 0) is 11.0 Å². The molecule has 7 nitrogen and oxygen atoms in total. The lowest BCUT2D eigenvalue weighted by molar-refractivity contribution is -0.138.